The molecule has 0 radical (unpaired) electrons. The van der Waals surface area contributed by atoms with E-state index in [9.17, 15) is 13.2 Å². The maximum atomic E-state index is 13.6. The Balaban J connectivity index is 1.95. The van der Waals surface area contributed by atoms with Crippen molar-refractivity contribution < 1.29 is 13.2 Å². The van der Waals surface area contributed by atoms with E-state index in [4.69, 9.17) is 4.98 Å². The Bertz CT molecular complexity index is 1250. The summed E-state index contributed by atoms with van der Waals surface area (Å²) >= 11 is 1.51. The maximum absolute atomic E-state index is 13.6. The number of rotatable bonds is 10. The smallest absolute Gasteiger partial charge is 0.260 e. The van der Waals surface area contributed by atoms with Gasteiger partial charge in [-0.25, -0.2) is 13.4 Å². The Morgan fingerprint density at radius 1 is 0.971 bits per heavy atom. The number of sulfonamides is 1. The van der Waals surface area contributed by atoms with Gasteiger partial charge in [-0.2, -0.15) is 4.31 Å². The summed E-state index contributed by atoms with van der Waals surface area (Å²) in [6.07, 6.45) is 0.793. The molecule has 7 nitrogen and oxygen atoms in total. The molecule has 2 aromatic carbocycles. The molecule has 0 aliphatic carbocycles. The number of carbonyl (C=O) groups excluding carboxylic acids is 1. The van der Waals surface area contributed by atoms with Gasteiger partial charge in [0.2, 0.25) is 10.0 Å². The first-order chi connectivity index (χ1) is 16.1. The Morgan fingerprint density at radius 2 is 1.62 bits per heavy atom. The van der Waals surface area contributed by atoms with Gasteiger partial charge >= 0.3 is 0 Å². The summed E-state index contributed by atoms with van der Waals surface area (Å²) in [5.74, 6) is -0.182. The molecule has 0 aliphatic heterocycles. The second-order valence-electron chi connectivity index (χ2n) is 8.58. The largest absolute Gasteiger partial charge is 0.309 e. The van der Waals surface area contributed by atoms with Gasteiger partial charge in [0, 0.05) is 25.2 Å². The van der Waals surface area contributed by atoms with Gasteiger partial charge < -0.3 is 4.90 Å². The van der Waals surface area contributed by atoms with E-state index < -0.39 is 10.0 Å². The fourth-order valence-corrected chi connectivity index (χ4v) is 6.30. The Morgan fingerprint density at radius 3 is 2.21 bits per heavy atom. The highest BCUT2D eigenvalue weighted by molar-refractivity contribution is 7.89. The summed E-state index contributed by atoms with van der Waals surface area (Å²) in [7, 11) is 0.437. The predicted molar refractivity (Wildman–Crippen MR) is 140 cm³/mol. The zero-order valence-corrected chi connectivity index (χ0v) is 22.5. The third-order valence-electron chi connectivity index (χ3n) is 5.98. The van der Waals surface area contributed by atoms with Gasteiger partial charge in [0.15, 0.2) is 5.13 Å². The first kappa shape index (κ1) is 26.3. The van der Waals surface area contributed by atoms with E-state index >= 15 is 0 Å². The van der Waals surface area contributed by atoms with Crippen LogP contribution in [-0.4, -0.2) is 68.8 Å². The third-order valence-corrected chi connectivity index (χ3v) is 9.09. The summed E-state index contributed by atoms with van der Waals surface area (Å²) in [5, 5.41) is 0.660. The Labute approximate surface area is 207 Å². The van der Waals surface area contributed by atoms with Gasteiger partial charge in [-0.05, 0) is 82.4 Å². The molecule has 0 bridgehead atoms. The number of aromatic nitrogens is 1. The average molecular weight is 503 g/mol. The van der Waals surface area contributed by atoms with Gasteiger partial charge in [0.05, 0.1) is 15.1 Å². The second-order valence-corrected chi connectivity index (χ2v) is 11.5. The fraction of sp³-hybridized carbons (Fsp3) is 0.440. The molecule has 9 heteroatoms. The summed E-state index contributed by atoms with van der Waals surface area (Å²) in [5.41, 5.74) is 3.65. The van der Waals surface area contributed by atoms with Crippen LogP contribution < -0.4 is 4.90 Å². The second kappa shape index (κ2) is 10.9. The summed E-state index contributed by atoms with van der Waals surface area (Å²) < 4.78 is 28.1. The van der Waals surface area contributed by atoms with E-state index in [1.807, 2.05) is 34.0 Å². The minimum atomic E-state index is -3.57. The molecular formula is C25H34N4O3S2. The molecule has 1 amide bonds. The summed E-state index contributed by atoms with van der Waals surface area (Å²) in [6.45, 7) is 9.89. The van der Waals surface area contributed by atoms with Gasteiger partial charge in [-0.1, -0.05) is 31.3 Å². The van der Waals surface area contributed by atoms with E-state index in [0.29, 0.717) is 30.3 Å². The number of thiazole rings is 1. The molecule has 34 heavy (non-hydrogen) atoms. The molecule has 3 rings (SSSR count). The highest BCUT2D eigenvalue weighted by atomic mass is 32.2. The molecule has 0 atom stereocenters. The van der Waals surface area contributed by atoms with E-state index in [0.717, 1.165) is 28.7 Å². The highest BCUT2D eigenvalue weighted by Crippen LogP contribution is 2.33. The minimum absolute atomic E-state index is 0.182. The van der Waals surface area contributed by atoms with Crippen LogP contribution in [-0.2, 0) is 10.0 Å². The number of fused-ring (bicyclic) bond motifs is 1. The zero-order valence-electron chi connectivity index (χ0n) is 20.8. The lowest BCUT2D eigenvalue weighted by Crippen LogP contribution is -2.33. The van der Waals surface area contributed by atoms with Crippen molar-refractivity contribution >= 4 is 42.6 Å². The van der Waals surface area contributed by atoms with Crippen molar-refractivity contribution in [3.63, 3.8) is 0 Å². The van der Waals surface area contributed by atoms with Crippen molar-refractivity contribution in [1.29, 1.82) is 0 Å². The third kappa shape index (κ3) is 5.49. The van der Waals surface area contributed by atoms with Crippen molar-refractivity contribution in [2.24, 2.45) is 0 Å². The van der Waals surface area contributed by atoms with Gasteiger partial charge in [-0.15, -0.1) is 0 Å². The van der Waals surface area contributed by atoms with Crippen LogP contribution in [0.3, 0.4) is 0 Å². The van der Waals surface area contributed by atoms with E-state index in [1.165, 1.54) is 33.3 Å². The number of nitrogens with zero attached hydrogens (tertiary/aromatic N) is 4. The van der Waals surface area contributed by atoms with Crippen LogP contribution in [0.25, 0.3) is 10.2 Å². The van der Waals surface area contributed by atoms with Gasteiger partial charge in [0.25, 0.3) is 5.91 Å². The minimum Gasteiger partial charge on any atom is -0.309 e. The van der Waals surface area contributed by atoms with Crippen LogP contribution in [0.15, 0.2) is 41.3 Å². The van der Waals surface area contributed by atoms with Crippen molar-refractivity contribution in [2.75, 3.05) is 45.2 Å². The van der Waals surface area contributed by atoms with Crippen LogP contribution in [0.1, 0.15) is 41.8 Å². The molecule has 0 saturated carbocycles. The zero-order chi connectivity index (χ0) is 25.0. The van der Waals surface area contributed by atoms with E-state index in [-0.39, 0.29) is 10.8 Å². The van der Waals surface area contributed by atoms with Gasteiger partial charge in [0.1, 0.15) is 0 Å². The maximum Gasteiger partial charge on any atom is 0.260 e. The molecule has 1 aromatic heterocycles. The Hall–Kier alpha value is -2.33. The first-order valence-electron chi connectivity index (χ1n) is 11.5. The first-order valence-corrected chi connectivity index (χ1v) is 13.8. The number of amides is 1. The number of anilines is 1. The van der Waals surface area contributed by atoms with E-state index in [1.54, 1.807) is 17.0 Å². The number of hydrogen-bond acceptors (Lipinski definition) is 6. The standard InChI is InChI=1S/C25H34N4O3S2/c1-7-28(8-2)34(31,32)21-13-11-20(12-14-21)24(30)29(17-9-16-27(5)6)25-26-23-19(4)18(3)10-15-22(23)33-25/h10-15H,7-9,16-17H2,1-6H3. The lowest BCUT2D eigenvalue weighted by Gasteiger charge is -2.22. The lowest BCUT2D eigenvalue weighted by atomic mass is 10.1. The Kier molecular flexibility index (Phi) is 8.46. The van der Waals surface area contributed by atoms with Crippen LogP contribution >= 0.6 is 11.3 Å². The van der Waals surface area contributed by atoms with E-state index in [2.05, 4.69) is 24.8 Å². The van der Waals surface area contributed by atoms with Crippen molar-refractivity contribution in [2.45, 2.75) is 39.0 Å². The topological polar surface area (TPSA) is 73.8 Å². The van der Waals surface area contributed by atoms with Crippen LogP contribution in [0.5, 0.6) is 0 Å². The molecule has 0 aliphatic rings. The number of hydrogen-bond donors (Lipinski definition) is 0. The number of carbonyl (C=O) groups is 1. The van der Waals surface area contributed by atoms with Crippen LogP contribution in [0, 0.1) is 13.8 Å². The predicted octanol–water partition coefficient (Wildman–Crippen LogP) is 4.54. The quantitative estimate of drug-likeness (QED) is 0.407. The molecule has 0 saturated heterocycles. The molecule has 184 valence electrons. The molecule has 0 unspecified atom stereocenters. The summed E-state index contributed by atoms with van der Waals surface area (Å²) in [4.78, 5) is 22.4. The number of benzene rings is 2. The number of aryl methyl sites for hydroxylation is 2. The molecule has 0 N–H and O–H groups in total. The molecule has 0 spiro atoms. The van der Waals surface area contributed by atoms with Crippen LogP contribution in [0.2, 0.25) is 0 Å². The molecule has 3 aromatic rings. The normalized spacial score (nSPS) is 12.1. The van der Waals surface area contributed by atoms with Gasteiger partial charge in [-0.3, -0.25) is 9.69 Å². The van der Waals surface area contributed by atoms with Crippen molar-refractivity contribution in [3.8, 4) is 0 Å². The molecule has 1 heterocycles. The van der Waals surface area contributed by atoms with Crippen molar-refractivity contribution in [1.82, 2.24) is 14.2 Å². The summed E-state index contributed by atoms with van der Waals surface area (Å²) in [6, 6.07) is 10.4. The molecule has 0 fully saturated rings. The highest BCUT2D eigenvalue weighted by Gasteiger charge is 2.24. The molecular weight excluding hydrogens is 468 g/mol. The lowest BCUT2D eigenvalue weighted by molar-refractivity contribution is 0.0986. The van der Waals surface area contributed by atoms with Crippen molar-refractivity contribution in [3.05, 3.63) is 53.1 Å². The monoisotopic (exact) mass is 502 g/mol. The fourth-order valence-electron chi connectivity index (χ4n) is 3.80. The SMILES string of the molecule is CCN(CC)S(=O)(=O)c1ccc(C(=O)N(CCCN(C)C)c2nc3c(C)c(C)ccc3s2)cc1. The average Bonchev–Trinajstić information content (AvgIpc) is 3.24. The van der Waals surface area contributed by atoms with Crippen LogP contribution in [0.4, 0.5) is 5.13 Å².